The zero-order valence-corrected chi connectivity index (χ0v) is 40.2. The standard InChI is InChI=1S/C70H49N3/c1-2-3-17-52(42-48-34-39-68(71-45-48)65-31-14-21-49-18-4-7-24-58(49)65)53-35-36-54(61-27-10-11-28-62(61)55-37-40-69(72-46-55)66-32-15-22-50-19-5-8-25-59(50)66)44-57(43-53)64-30-13-12-29-63(64)56-38-41-70(73-47-56)67-33-16-23-51-20-6-9-26-60(51)67/h2-35,37-47H,1,36H2/b17-3-,52-42-. The van der Waals surface area contributed by atoms with Crippen molar-refractivity contribution in [3.8, 4) is 56.0 Å². The Morgan fingerprint density at radius 1 is 0.397 bits per heavy atom. The monoisotopic (exact) mass is 931 g/mol. The Labute approximate surface area is 426 Å². The fraction of sp³-hybridized carbons (Fsp3) is 0.0143. The largest absolute Gasteiger partial charge is 0.256 e. The summed E-state index contributed by atoms with van der Waals surface area (Å²) in [7, 11) is 0. The van der Waals surface area contributed by atoms with Crippen molar-refractivity contribution < 1.29 is 0 Å². The molecule has 1 aliphatic carbocycles. The first-order valence-electron chi connectivity index (χ1n) is 24.8. The molecule has 0 atom stereocenters. The first kappa shape index (κ1) is 44.6. The Bertz CT molecular complexity index is 4020. The van der Waals surface area contributed by atoms with E-state index in [0.29, 0.717) is 6.42 Å². The molecule has 12 rings (SSSR count). The molecule has 0 saturated carbocycles. The van der Waals surface area contributed by atoms with Crippen LogP contribution in [0, 0.1) is 0 Å². The molecule has 0 amide bonds. The summed E-state index contributed by atoms with van der Waals surface area (Å²) in [6.45, 7) is 4.06. The first-order chi connectivity index (χ1) is 36.1. The topological polar surface area (TPSA) is 38.7 Å². The zero-order valence-electron chi connectivity index (χ0n) is 40.2. The van der Waals surface area contributed by atoms with Gasteiger partial charge in [0.25, 0.3) is 0 Å². The fourth-order valence-corrected chi connectivity index (χ4v) is 10.3. The van der Waals surface area contributed by atoms with Crippen LogP contribution in [0.2, 0.25) is 0 Å². The van der Waals surface area contributed by atoms with Crippen molar-refractivity contribution in [1.29, 1.82) is 0 Å². The van der Waals surface area contributed by atoms with Crippen molar-refractivity contribution in [3.63, 3.8) is 0 Å². The summed E-state index contributed by atoms with van der Waals surface area (Å²) in [4.78, 5) is 15.2. The molecule has 3 heteroatoms. The van der Waals surface area contributed by atoms with E-state index >= 15 is 0 Å². The third-order valence-corrected chi connectivity index (χ3v) is 13.9. The molecule has 3 heterocycles. The molecule has 0 aliphatic heterocycles. The van der Waals surface area contributed by atoms with Crippen molar-refractivity contribution in [1.82, 2.24) is 15.0 Å². The third-order valence-electron chi connectivity index (χ3n) is 13.9. The van der Waals surface area contributed by atoms with Gasteiger partial charge in [0.2, 0.25) is 0 Å². The second-order valence-electron chi connectivity index (χ2n) is 18.3. The number of fused-ring (bicyclic) bond motifs is 3. The molecule has 73 heavy (non-hydrogen) atoms. The van der Waals surface area contributed by atoms with Gasteiger partial charge in [-0.25, -0.2) is 0 Å². The minimum absolute atomic E-state index is 0.689. The second kappa shape index (κ2) is 20.0. The molecule has 0 fully saturated rings. The normalized spacial score (nSPS) is 12.9. The van der Waals surface area contributed by atoms with Gasteiger partial charge in [-0.05, 0) is 119 Å². The Balaban J connectivity index is 0.960. The highest BCUT2D eigenvalue weighted by atomic mass is 14.7. The number of pyridine rings is 3. The Morgan fingerprint density at radius 3 is 1.33 bits per heavy atom. The van der Waals surface area contributed by atoms with Crippen LogP contribution in [-0.2, 0) is 0 Å². The van der Waals surface area contributed by atoms with Crippen molar-refractivity contribution in [2.24, 2.45) is 0 Å². The van der Waals surface area contributed by atoms with Crippen LogP contribution in [0.15, 0.2) is 285 Å². The maximum atomic E-state index is 5.11. The number of benzene rings is 8. The van der Waals surface area contributed by atoms with E-state index in [0.717, 1.165) is 89.4 Å². The van der Waals surface area contributed by atoms with E-state index < -0.39 is 0 Å². The van der Waals surface area contributed by atoms with Crippen molar-refractivity contribution in [3.05, 3.63) is 302 Å². The van der Waals surface area contributed by atoms with Crippen molar-refractivity contribution >= 4 is 49.5 Å². The summed E-state index contributed by atoms with van der Waals surface area (Å²) in [6, 6.07) is 75.1. The average Bonchev–Trinajstić information content (AvgIpc) is 3.69. The number of hydrogen-bond donors (Lipinski definition) is 0. The number of rotatable bonds is 11. The van der Waals surface area contributed by atoms with Gasteiger partial charge in [0.05, 0.1) is 17.1 Å². The van der Waals surface area contributed by atoms with Crippen LogP contribution in [0.4, 0.5) is 0 Å². The van der Waals surface area contributed by atoms with Gasteiger partial charge in [-0.1, -0.05) is 231 Å². The van der Waals surface area contributed by atoms with Gasteiger partial charge in [0.1, 0.15) is 0 Å². The van der Waals surface area contributed by atoms with E-state index in [-0.39, 0.29) is 0 Å². The molecule has 8 aromatic carbocycles. The number of hydrogen-bond acceptors (Lipinski definition) is 3. The maximum Gasteiger partial charge on any atom is 0.0708 e. The number of allylic oxidation sites excluding steroid dienone is 10. The van der Waals surface area contributed by atoms with Crippen LogP contribution in [0.1, 0.15) is 23.1 Å². The van der Waals surface area contributed by atoms with Gasteiger partial charge in [0, 0.05) is 46.4 Å². The van der Waals surface area contributed by atoms with E-state index in [1.165, 1.54) is 37.9 Å². The molecule has 0 bridgehead atoms. The molecule has 0 radical (unpaired) electrons. The van der Waals surface area contributed by atoms with Crippen LogP contribution in [-0.4, -0.2) is 15.0 Å². The minimum atomic E-state index is 0.689. The minimum Gasteiger partial charge on any atom is -0.256 e. The Kier molecular flexibility index (Phi) is 12.2. The van der Waals surface area contributed by atoms with Crippen molar-refractivity contribution in [2.75, 3.05) is 0 Å². The van der Waals surface area contributed by atoms with E-state index in [4.69, 9.17) is 15.0 Å². The van der Waals surface area contributed by atoms with E-state index in [1.54, 1.807) is 0 Å². The van der Waals surface area contributed by atoms with Gasteiger partial charge in [-0.3, -0.25) is 15.0 Å². The first-order valence-corrected chi connectivity index (χ1v) is 24.8. The SMILES string of the molecule is C=C/C=C\C(=C\c1ccc(-c2cccc3ccccc23)nc1)C1=CCC(c2ccccc2-c2ccc(-c3cccc4ccccc34)nc2)=CC(c2ccccc2-c2ccc(-c3cccc4ccccc34)nc2)=C1. The van der Waals surface area contributed by atoms with Gasteiger partial charge in [0.15, 0.2) is 0 Å². The highest BCUT2D eigenvalue weighted by Crippen LogP contribution is 2.40. The molecule has 344 valence electrons. The highest BCUT2D eigenvalue weighted by Gasteiger charge is 2.18. The number of aromatic nitrogens is 3. The summed E-state index contributed by atoms with van der Waals surface area (Å²) in [5.41, 5.74) is 18.2. The zero-order chi connectivity index (χ0) is 48.9. The lowest BCUT2D eigenvalue weighted by atomic mass is 9.89. The lowest BCUT2D eigenvalue weighted by molar-refractivity contribution is 1.31. The van der Waals surface area contributed by atoms with Gasteiger partial charge in [-0.2, -0.15) is 0 Å². The molecule has 0 N–H and O–H groups in total. The second-order valence-corrected chi connectivity index (χ2v) is 18.3. The lowest BCUT2D eigenvalue weighted by Crippen LogP contribution is -1.93. The smallest absolute Gasteiger partial charge is 0.0708 e. The molecular formula is C70H49N3. The summed E-state index contributed by atoms with van der Waals surface area (Å²) in [5.74, 6) is 0. The maximum absolute atomic E-state index is 5.11. The molecule has 0 saturated heterocycles. The quantitative estimate of drug-likeness (QED) is 0.121. The van der Waals surface area contributed by atoms with Crippen LogP contribution >= 0.6 is 0 Å². The van der Waals surface area contributed by atoms with Crippen LogP contribution in [0.25, 0.3) is 106 Å². The highest BCUT2D eigenvalue weighted by molar-refractivity contribution is 5.99. The average molecular weight is 932 g/mol. The Hall–Kier alpha value is -9.57. The molecule has 1 aliphatic rings. The molecule has 3 aromatic heterocycles. The molecule has 0 unspecified atom stereocenters. The molecule has 0 spiro atoms. The van der Waals surface area contributed by atoms with E-state index in [2.05, 4.69) is 249 Å². The van der Waals surface area contributed by atoms with E-state index in [9.17, 15) is 0 Å². The number of nitrogens with zero attached hydrogens (tertiary/aromatic N) is 3. The third kappa shape index (κ3) is 9.08. The Morgan fingerprint density at radius 2 is 0.836 bits per heavy atom. The van der Waals surface area contributed by atoms with Crippen LogP contribution in [0.5, 0.6) is 0 Å². The van der Waals surface area contributed by atoms with Gasteiger partial charge >= 0.3 is 0 Å². The predicted octanol–water partition coefficient (Wildman–Crippen LogP) is 18.3. The predicted molar refractivity (Wildman–Crippen MR) is 308 cm³/mol. The van der Waals surface area contributed by atoms with Gasteiger partial charge in [-0.15, -0.1) is 0 Å². The molecule has 3 nitrogen and oxygen atoms in total. The summed E-state index contributed by atoms with van der Waals surface area (Å²) < 4.78 is 0. The molecule has 11 aromatic rings. The van der Waals surface area contributed by atoms with Crippen molar-refractivity contribution in [2.45, 2.75) is 6.42 Å². The summed E-state index contributed by atoms with van der Waals surface area (Å²) in [5, 5.41) is 7.17. The summed E-state index contributed by atoms with van der Waals surface area (Å²) >= 11 is 0. The van der Waals surface area contributed by atoms with E-state index in [1.807, 2.05) is 30.7 Å². The lowest BCUT2D eigenvalue weighted by Gasteiger charge is -2.15. The summed E-state index contributed by atoms with van der Waals surface area (Å²) in [6.07, 6.45) is 22.0. The van der Waals surface area contributed by atoms with Crippen LogP contribution < -0.4 is 0 Å². The van der Waals surface area contributed by atoms with Crippen LogP contribution in [0.3, 0.4) is 0 Å². The van der Waals surface area contributed by atoms with Gasteiger partial charge < -0.3 is 0 Å². The molecular weight excluding hydrogens is 883 g/mol. The fourth-order valence-electron chi connectivity index (χ4n) is 10.3.